The second-order valence-electron chi connectivity index (χ2n) is 5.49. The molecule has 100 valence electrons. The maximum absolute atomic E-state index is 4.50. The van der Waals surface area contributed by atoms with Crippen LogP contribution in [-0.4, -0.2) is 18.1 Å². The van der Waals surface area contributed by atoms with E-state index in [2.05, 4.69) is 29.4 Å². The summed E-state index contributed by atoms with van der Waals surface area (Å²) in [4.78, 5) is 4.50. The first-order chi connectivity index (χ1) is 8.90. The third kappa shape index (κ3) is 4.09. The summed E-state index contributed by atoms with van der Waals surface area (Å²) in [6, 6.07) is 6.29. The van der Waals surface area contributed by atoms with Crippen LogP contribution in [0.3, 0.4) is 0 Å². The molecule has 1 aliphatic rings. The lowest BCUT2D eigenvalue weighted by Crippen LogP contribution is -2.28. The largest absolute Gasteiger partial charge is 0.317 e. The van der Waals surface area contributed by atoms with E-state index >= 15 is 0 Å². The number of aromatic nitrogens is 1. The molecule has 0 aliphatic heterocycles. The molecule has 1 N–H and O–H groups in total. The average Bonchev–Trinajstić information content (AvgIpc) is 2.63. The van der Waals surface area contributed by atoms with Crippen LogP contribution in [0.2, 0.25) is 0 Å². The van der Waals surface area contributed by atoms with Gasteiger partial charge in [0.05, 0.1) is 0 Å². The van der Waals surface area contributed by atoms with E-state index in [1.54, 1.807) is 0 Å². The Bertz CT molecular complexity index is 323. The molecule has 0 amide bonds. The molecule has 1 aliphatic carbocycles. The molecule has 2 rings (SSSR count). The van der Waals surface area contributed by atoms with Crippen molar-refractivity contribution in [2.75, 3.05) is 13.1 Å². The molecular formula is C16H26N2. The van der Waals surface area contributed by atoms with Crippen LogP contribution in [0.25, 0.3) is 0 Å². The standard InChI is InChI=1S/C16H26N2/c1-2-17-13-15-9-5-3-4-8-14(15)12-16-10-6-7-11-18-16/h6-7,10-11,14-15,17H,2-5,8-9,12-13H2,1H3. The molecule has 2 unspecified atom stereocenters. The lowest BCUT2D eigenvalue weighted by molar-refractivity contribution is 0.298. The maximum atomic E-state index is 4.50. The monoisotopic (exact) mass is 246 g/mol. The van der Waals surface area contributed by atoms with Gasteiger partial charge in [-0.1, -0.05) is 32.3 Å². The number of hydrogen-bond donors (Lipinski definition) is 1. The molecule has 1 saturated carbocycles. The van der Waals surface area contributed by atoms with Crippen molar-refractivity contribution < 1.29 is 0 Å². The summed E-state index contributed by atoms with van der Waals surface area (Å²) in [6.45, 7) is 4.48. The second-order valence-corrected chi connectivity index (χ2v) is 5.49. The zero-order valence-corrected chi connectivity index (χ0v) is 11.6. The summed E-state index contributed by atoms with van der Waals surface area (Å²) in [5, 5.41) is 3.54. The Hall–Kier alpha value is -0.890. The minimum atomic E-state index is 0.821. The van der Waals surface area contributed by atoms with Crippen LogP contribution in [0.1, 0.15) is 44.7 Å². The Morgan fingerprint density at radius 2 is 2.00 bits per heavy atom. The Kier molecular flexibility index (Phi) is 5.66. The van der Waals surface area contributed by atoms with E-state index in [1.165, 1.54) is 44.3 Å². The fourth-order valence-corrected chi connectivity index (χ4v) is 3.12. The zero-order valence-electron chi connectivity index (χ0n) is 11.6. The van der Waals surface area contributed by atoms with Crippen molar-refractivity contribution in [2.45, 2.75) is 45.4 Å². The van der Waals surface area contributed by atoms with Gasteiger partial charge in [0.1, 0.15) is 0 Å². The van der Waals surface area contributed by atoms with Gasteiger partial charge in [0.2, 0.25) is 0 Å². The van der Waals surface area contributed by atoms with Gasteiger partial charge in [-0.15, -0.1) is 0 Å². The van der Waals surface area contributed by atoms with Crippen molar-refractivity contribution in [3.8, 4) is 0 Å². The molecule has 0 radical (unpaired) electrons. The van der Waals surface area contributed by atoms with Gasteiger partial charge in [-0.2, -0.15) is 0 Å². The molecule has 0 saturated heterocycles. The molecule has 2 nitrogen and oxygen atoms in total. The molecule has 2 heteroatoms. The molecule has 0 aromatic carbocycles. The quantitative estimate of drug-likeness (QED) is 0.805. The topological polar surface area (TPSA) is 24.9 Å². The van der Waals surface area contributed by atoms with Gasteiger partial charge in [-0.3, -0.25) is 4.98 Å². The maximum Gasteiger partial charge on any atom is 0.0406 e. The smallest absolute Gasteiger partial charge is 0.0406 e. The number of nitrogens with one attached hydrogen (secondary N) is 1. The molecule has 1 aromatic rings. The van der Waals surface area contributed by atoms with Crippen LogP contribution in [0.15, 0.2) is 24.4 Å². The first-order valence-electron chi connectivity index (χ1n) is 7.50. The van der Waals surface area contributed by atoms with E-state index in [0.717, 1.165) is 24.8 Å². The van der Waals surface area contributed by atoms with Crippen LogP contribution in [-0.2, 0) is 6.42 Å². The molecule has 18 heavy (non-hydrogen) atoms. The summed E-state index contributed by atoms with van der Waals surface area (Å²) in [7, 11) is 0. The van der Waals surface area contributed by atoms with Crippen LogP contribution < -0.4 is 5.32 Å². The predicted molar refractivity (Wildman–Crippen MR) is 76.5 cm³/mol. The van der Waals surface area contributed by atoms with Gasteiger partial charge < -0.3 is 5.32 Å². The molecule has 2 atom stereocenters. The highest BCUT2D eigenvalue weighted by Gasteiger charge is 2.23. The highest BCUT2D eigenvalue weighted by atomic mass is 14.8. The third-order valence-corrected chi connectivity index (χ3v) is 4.17. The highest BCUT2D eigenvalue weighted by molar-refractivity contribution is 5.05. The van der Waals surface area contributed by atoms with Crippen LogP contribution in [0.5, 0.6) is 0 Å². The lowest BCUT2D eigenvalue weighted by Gasteiger charge is -2.25. The minimum Gasteiger partial charge on any atom is -0.317 e. The van der Waals surface area contributed by atoms with Crippen molar-refractivity contribution >= 4 is 0 Å². The van der Waals surface area contributed by atoms with Gasteiger partial charge >= 0.3 is 0 Å². The number of nitrogens with zero attached hydrogens (tertiary/aromatic N) is 1. The first kappa shape index (κ1) is 13.5. The Morgan fingerprint density at radius 1 is 1.17 bits per heavy atom. The Morgan fingerprint density at radius 3 is 2.72 bits per heavy atom. The van der Waals surface area contributed by atoms with E-state index in [1.807, 2.05) is 12.3 Å². The summed E-state index contributed by atoms with van der Waals surface area (Å²) in [6.07, 6.45) is 10.1. The Labute approximate surface area is 111 Å². The SMILES string of the molecule is CCNCC1CCCCCC1Cc1ccccn1. The van der Waals surface area contributed by atoms with Crippen LogP contribution >= 0.6 is 0 Å². The summed E-state index contributed by atoms with van der Waals surface area (Å²) >= 11 is 0. The third-order valence-electron chi connectivity index (χ3n) is 4.17. The van der Waals surface area contributed by atoms with E-state index in [0.29, 0.717) is 0 Å². The van der Waals surface area contributed by atoms with Gasteiger partial charge in [-0.05, 0) is 56.3 Å². The molecule has 0 spiro atoms. The molecule has 1 aromatic heterocycles. The van der Waals surface area contributed by atoms with Crippen molar-refractivity contribution in [2.24, 2.45) is 11.8 Å². The van der Waals surface area contributed by atoms with Gasteiger partial charge in [-0.25, -0.2) is 0 Å². The minimum absolute atomic E-state index is 0.821. The van der Waals surface area contributed by atoms with Crippen LogP contribution in [0, 0.1) is 11.8 Å². The Balaban J connectivity index is 1.96. The van der Waals surface area contributed by atoms with E-state index < -0.39 is 0 Å². The number of pyridine rings is 1. The van der Waals surface area contributed by atoms with Crippen LogP contribution in [0.4, 0.5) is 0 Å². The van der Waals surface area contributed by atoms with Gasteiger partial charge in [0.15, 0.2) is 0 Å². The normalized spacial score (nSPS) is 24.7. The molecule has 0 bridgehead atoms. The van der Waals surface area contributed by atoms with E-state index in [-0.39, 0.29) is 0 Å². The van der Waals surface area contributed by atoms with E-state index in [9.17, 15) is 0 Å². The number of rotatable bonds is 5. The predicted octanol–water partition coefficient (Wildman–Crippen LogP) is 3.43. The fourth-order valence-electron chi connectivity index (χ4n) is 3.12. The summed E-state index contributed by atoms with van der Waals surface area (Å²) < 4.78 is 0. The molecule has 1 fully saturated rings. The summed E-state index contributed by atoms with van der Waals surface area (Å²) in [5.41, 5.74) is 1.27. The highest BCUT2D eigenvalue weighted by Crippen LogP contribution is 2.30. The fraction of sp³-hybridized carbons (Fsp3) is 0.688. The van der Waals surface area contributed by atoms with E-state index in [4.69, 9.17) is 0 Å². The molecule has 1 heterocycles. The van der Waals surface area contributed by atoms with Gasteiger partial charge in [0, 0.05) is 11.9 Å². The second kappa shape index (κ2) is 7.52. The number of hydrogen-bond acceptors (Lipinski definition) is 2. The van der Waals surface area contributed by atoms with Crippen molar-refractivity contribution in [3.63, 3.8) is 0 Å². The zero-order chi connectivity index (χ0) is 12.6. The summed E-state index contributed by atoms with van der Waals surface area (Å²) in [5.74, 6) is 1.66. The van der Waals surface area contributed by atoms with Crippen molar-refractivity contribution in [3.05, 3.63) is 30.1 Å². The average molecular weight is 246 g/mol. The molecular weight excluding hydrogens is 220 g/mol. The van der Waals surface area contributed by atoms with Crippen molar-refractivity contribution in [1.82, 2.24) is 10.3 Å². The lowest BCUT2D eigenvalue weighted by atomic mass is 9.84. The van der Waals surface area contributed by atoms with Gasteiger partial charge in [0.25, 0.3) is 0 Å². The first-order valence-corrected chi connectivity index (χ1v) is 7.50. The van der Waals surface area contributed by atoms with Crippen molar-refractivity contribution in [1.29, 1.82) is 0 Å².